The number of esters is 1. The molecule has 0 spiro atoms. The fraction of sp³-hybridized carbons (Fsp3) is 0.286. The summed E-state index contributed by atoms with van der Waals surface area (Å²) in [5.41, 5.74) is 2.25. The first-order chi connectivity index (χ1) is 13.5. The minimum absolute atomic E-state index is 0.218. The number of rotatable bonds is 4. The summed E-state index contributed by atoms with van der Waals surface area (Å²) in [6, 6.07) is 13.1. The van der Waals surface area contributed by atoms with Gasteiger partial charge in [0, 0.05) is 22.7 Å². The summed E-state index contributed by atoms with van der Waals surface area (Å²) in [4.78, 5) is 41.2. The summed E-state index contributed by atoms with van der Waals surface area (Å²) in [6.45, 7) is 0.289. The lowest BCUT2D eigenvalue weighted by Gasteiger charge is -2.28. The van der Waals surface area contributed by atoms with Crippen molar-refractivity contribution < 1.29 is 19.1 Å². The number of amides is 2. The van der Waals surface area contributed by atoms with Gasteiger partial charge in [-0.15, -0.1) is 0 Å². The van der Waals surface area contributed by atoms with Crippen LogP contribution in [0.15, 0.2) is 48.5 Å². The van der Waals surface area contributed by atoms with Gasteiger partial charge in [0.15, 0.2) is 0 Å². The molecule has 6 nitrogen and oxygen atoms in total. The highest BCUT2D eigenvalue weighted by molar-refractivity contribution is 6.31. The zero-order chi connectivity index (χ0) is 19.8. The van der Waals surface area contributed by atoms with Gasteiger partial charge in [-0.05, 0) is 24.1 Å². The van der Waals surface area contributed by atoms with Crippen LogP contribution in [0.4, 0.5) is 5.69 Å². The second-order valence-electron chi connectivity index (χ2n) is 6.86. The molecule has 1 fully saturated rings. The number of carbonyl (C=O) groups is 3. The Labute approximate surface area is 167 Å². The molecule has 2 unspecified atom stereocenters. The van der Waals surface area contributed by atoms with Crippen LogP contribution in [0.3, 0.4) is 0 Å². The van der Waals surface area contributed by atoms with E-state index in [1.54, 1.807) is 11.0 Å². The van der Waals surface area contributed by atoms with Gasteiger partial charge in [0.25, 0.3) is 5.91 Å². The Hall–Kier alpha value is -2.86. The standard InChI is InChI=1S/C21H19ClN2O4/c1-28-21(27)17-10-11-18(25)24(17)19-14-7-3-5-9-16(14)23(20(19)26)12-13-6-2-4-8-15(13)22/h2-9,17,19H,10-12H2,1H3. The van der Waals surface area contributed by atoms with Gasteiger partial charge in [-0.3, -0.25) is 9.59 Å². The van der Waals surface area contributed by atoms with Crippen LogP contribution in [0.1, 0.15) is 30.0 Å². The van der Waals surface area contributed by atoms with E-state index in [1.165, 1.54) is 12.0 Å². The first-order valence-corrected chi connectivity index (χ1v) is 9.43. The molecule has 0 aromatic heterocycles. The molecule has 2 aromatic rings. The molecule has 2 amide bonds. The van der Waals surface area contributed by atoms with E-state index in [9.17, 15) is 14.4 Å². The van der Waals surface area contributed by atoms with Crippen LogP contribution in [0.25, 0.3) is 0 Å². The van der Waals surface area contributed by atoms with Gasteiger partial charge >= 0.3 is 5.97 Å². The molecule has 7 heteroatoms. The number of carbonyl (C=O) groups excluding carboxylic acids is 3. The number of para-hydroxylation sites is 1. The molecule has 0 aliphatic carbocycles. The topological polar surface area (TPSA) is 66.9 Å². The van der Waals surface area contributed by atoms with Crippen LogP contribution in [-0.4, -0.2) is 35.8 Å². The molecule has 2 aromatic carbocycles. The average Bonchev–Trinajstić information content (AvgIpc) is 3.20. The Kier molecular flexibility index (Phi) is 4.81. The van der Waals surface area contributed by atoms with Crippen LogP contribution in [0, 0.1) is 0 Å². The summed E-state index contributed by atoms with van der Waals surface area (Å²) in [5, 5.41) is 0.570. The van der Waals surface area contributed by atoms with E-state index in [1.807, 2.05) is 42.5 Å². The summed E-state index contributed by atoms with van der Waals surface area (Å²) in [5.74, 6) is -0.964. The molecular formula is C21H19ClN2O4. The number of hydrogen-bond acceptors (Lipinski definition) is 4. The number of halogens is 1. The van der Waals surface area contributed by atoms with E-state index in [0.29, 0.717) is 17.0 Å². The summed E-state index contributed by atoms with van der Waals surface area (Å²) >= 11 is 6.28. The summed E-state index contributed by atoms with van der Waals surface area (Å²) < 4.78 is 4.86. The first-order valence-electron chi connectivity index (χ1n) is 9.05. The third-order valence-electron chi connectivity index (χ3n) is 5.32. The van der Waals surface area contributed by atoms with Crippen LogP contribution >= 0.6 is 11.6 Å². The fourth-order valence-electron chi connectivity index (χ4n) is 3.99. The lowest BCUT2D eigenvalue weighted by molar-refractivity contribution is -0.152. The summed E-state index contributed by atoms with van der Waals surface area (Å²) in [7, 11) is 1.29. The highest BCUT2D eigenvalue weighted by Gasteiger charge is 2.49. The van der Waals surface area contributed by atoms with E-state index in [-0.39, 0.29) is 24.8 Å². The molecule has 28 heavy (non-hydrogen) atoms. The molecule has 144 valence electrons. The number of nitrogens with zero attached hydrogens (tertiary/aromatic N) is 2. The molecule has 2 aliphatic heterocycles. The molecule has 0 radical (unpaired) electrons. The maximum Gasteiger partial charge on any atom is 0.328 e. The van der Waals surface area contributed by atoms with Gasteiger partial charge in [0.2, 0.25) is 5.91 Å². The van der Waals surface area contributed by atoms with Gasteiger partial charge in [-0.1, -0.05) is 48.0 Å². The number of anilines is 1. The maximum atomic E-state index is 13.4. The number of hydrogen-bond donors (Lipinski definition) is 0. The van der Waals surface area contributed by atoms with Crippen LogP contribution in [0.2, 0.25) is 5.02 Å². The second kappa shape index (κ2) is 7.28. The molecule has 0 saturated carbocycles. The largest absolute Gasteiger partial charge is 0.467 e. The lowest BCUT2D eigenvalue weighted by atomic mass is 10.1. The predicted octanol–water partition coefficient (Wildman–Crippen LogP) is 3.09. The van der Waals surface area contributed by atoms with Crippen molar-refractivity contribution >= 4 is 35.1 Å². The van der Waals surface area contributed by atoms with E-state index in [0.717, 1.165) is 11.3 Å². The van der Waals surface area contributed by atoms with Crippen molar-refractivity contribution in [3.63, 3.8) is 0 Å². The van der Waals surface area contributed by atoms with Gasteiger partial charge in [0.1, 0.15) is 12.1 Å². The van der Waals surface area contributed by atoms with E-state index >= 15 is 0 Å². The van der Waals surface area contributed by atoms with Gasteiger partial charge in [-0.25, -0.2) is 4.79 Å². The van der Waals surface area contributed by atoms with Crippen molar-refractivity contribution in [3.05, 3.63) is 64.7 Å². The number of fused-ring (bicyclic) bond motifs is 1. The molecule has 0 N–H and O–H groups in total. The zero-order valence-corrected chi connectivity index (χ0v) is 16.1. The van der Waals surface area contributed by atoms with Crippen molar-refractivity contribution in [2.24, 2.45) is 0 Å². The third-order valence-corrected chi connectivity index (χ3v) is 5.68. The molecule has 2 aliphatic rings. The van der Waals surface area contributed by atoms with Gasteiger partial charge < -0.3 is 14.5 Å². The highest BCUT2D eigenvalue weighted by Crippen LogP contribution is 2.43. The maximum absolute atomic E-state index is 13.4. The van der Waals surface area contributed by atoms with E-state index in [2.05, 4.69) is 0 Å². The zero-order valence-electron chi connectivity index (χ0n) is 15.3. The lowest BCUT2D eigenvalue weighted by Crippen LogP contribution is -2.45. The minimum atomic E-state index is -0.835. The van der Waals surface area contributed by atoms with Crippen molar-refractivity contribution in [1.82, 2.24) is 4.90 Å². The Morgan fingerprint density at radius 2 is 1.86 bits per heavy atom. The van der Waals surface area contributed by atoms with Gasteiger partial charge in [-0.2, -0.15) is 0 Å². The predicted molar refractivity (Wildman–Crippen MR) is 104 cm³/mol. The van der Waals surface area contributed by atoms with Crippen molar-refractivity contribution in [2.45, 2.75) is 31.5 Å². The quantitative estimate of drug-likeness (QED) is 0.742. The minimum Gasteiger partial charge on any atom is -0.467 e. The molecule has 2 atom stereocenters. The molecule has 4 rings (SSSR count). The smallest absolute Gasteiger partial charge is 0.328 e. The summed E-state index contributed by atoms with van der Waals surface area (Å²) in [6.07, 6.45) is 0.568. The SMILES string of the molecule is COC(=O)C1CCC(=O)N1C1C(=O)N(Cc2ccccc2Cl)c2ccccc21. The monoisotopic (exact) mass is 398 g/mol. The number of benzene rings is 2. The van der Waals surface area contributed by atoms with Crippen LogP contribution in [0.5, 0.6) is 0 Å². The number of methoxy groups -OCH3 is 1. The number of likely N-dealkylation sites (tertiary alicyclic amines) is 1. The molecule has 2 heterocycles. The highest BCUT2D eigenvalue weighted by atomic mass is 35.5. The Morgan fingerprint density at radius 3 is 2.61 bits per heavy atom. The second-order valence-corrected chi connectivity index (χ2v) is 7.26. The third kappa shape index (κ3) is 2.94. The molecule has 0 bridgehead atoms. The Bertz CT molecular complexity index is 961. The van der Waals surface area contributed by atoms with E-state index < -0.39 is 18.1 Å². The molecular weight excluding hydrogens is 380 g/mol. The Morgan fingerprint density at radius 1 is 1.14 bits per heavy atom. The fourth-order valence-corrected chi connectivity index (χ4v) is 4.18. The average molecular weight is 399 g/mol. The van der Waals surface area contributed by atoms with Gasteiger partial charge in [0.05, 0.1) is 13.7 Å². The van der Waals surface area contributed by atoms with Crippen molar-refractivity contribution in [1.29, 1.82) is 0 Å². The Balaban J connectivity index is 1.74. The van der Waals surface area contributed by atoms with Crippen LogP contribution in [-0.2, 0) is 25.7 Å². The normalized spacial score (nSPS) is 21.2. The van der Waals surface area contributed by atoms with E-state index in [4.69, 9.17) is 16.3 Å². The van der Waals surface area contributed by atoms with Crippen molar-refractivity contribution in [2.75, 3.05) is 12.0 Å². The first kappa shape index (κ1) is 18.5. The molecule has 1 saturated heterocycles. The van der Waals surface area contributed by atoms with Crippen molar-refractivity contribution in [3.8, 4) is 0 Å². The number of ether oxygens (including phenoxy) is 1. The van der Waals surface area contributed by atoms with Crippen LogP contribution < -0.4 is 4.90 Å².